The van der Waals surface area contributed by atoms with Crippen molar-refractivity contribution < 1.29 is 13.6 Å². The zero-order valence-corrected chi connectivity index (χ0v) is 16.0. The van der Waals surface area contributed by atoms with Crippen molar-refractivity contribution in [2.75, 3.05) is 26.2 Å². The maximum Gasteiger partial charge on any atom is 0.253 e. The summed E-state index contributed by atoms with van der Waals surface area (Å²) in [6.07, 6.45) is 0. The van der Waals surface area contributed by atoms with Crippen LogP contribution in [0.1, 0.15) is 15.4 Å². The Balaban J connectivity index is 1.33. The zero-order chi connectivity index (χ0) is 19.5. The molecule has 2 aromatic carbocycles. The Hall–Kier alpha value is -2.64. The molecule has 28 heavy (non-hydrogen) atoms. The Morgan fingerprint density at radius 1 is 0.929 bits per heavy atom. The molecule has 1 aromatic heterocycles. The van der Waals surface area contributed by atoms with Crippen LogP contribution in [0.25, 0.3) is 11.3 Å². The fourth-order valence-electron chi connectivity index (χ4n) is 3.21. The van der Waals surface area contributed by atoms with E-state index < -0.39 is 0 Å². The van der Waals surface area contributed by atoms with Crippen LogP contribution < -0.4 is 0 Å². The van der Waals surface area contributed by atoms with Crippen molar-refractivity contribution in [1.82, 2.24) is 14.8 Å². The number of hydrogen-bond donors (Lipinski definition) is 0. The van der Waals surface area contributed by atoms with E-state index in [0.29, 0.717) is 18.7 Å². The first kappa shape index (κ1) is 18.7. The van der Waals surface area contributed by atoms with Gasteiger partial charge in [-0.1, -0.05) is 0 Å². The predicted octanol–water partition coefficient (Wildman–Crippen LogP) is 4.05. The van der Waals surface area contributed by atoms with Gasteiger partial charge in [0.2, 0.25) is 0 Å². The number of nitrogens with zero attached hydrogens (tertiary/aromatic N) is 3. The van der Waals surface area contributed by atoms with Gasteiger partial charge in [-0.25, -0.2) is 13.8 Å². The van der Waals surface area contributed by atoms with E-state index in [-0.39, 0.29) is 17.5 Å². The van der Waals surface area contributed by atoms with Crippen molar-refractivity contribution in [2.24, 2.45) is 0 Å². The number of benzene rings is 2. The number of aromatic nitrogens is 1. The third kappa shape index (κ3) is 4.26. The van der Waals surface area contributed by atoms with Crippen molar-refractivity contribution >= 4 is 17.2 Å². The van der Waals surface area contributed by atoms with Crippen molar-refractivity contribution in [3.8, 4) is 11.3 Å². The zero-order valence-electron chi connectivity index (χ0n) is 15.1. The number of carbonyl (C=O) groups is 1. The minimum absolute atomic E-state index is 0.0625. The molecule has 1 fully saturated rings. The summed E-state index contributed by atoms with van der Waals surface area (Å²) in [6, 6.07) is 12.0. The van der Waals surface area contributed by atoms with Gasteiger partial charge in [0, 0.05) is 42.7 Å². The van der Waals surface area contributed by atoms with Gasteiger partial charge in [0.25, 0.3) is 5.91 Å². The van der Waals surface area contributed by atoms with E-state index in [2.05, 4.69) is 9.88 Å². The molecule has 1 aliphatic heterocycles. The average Bonchev–Trinajstić information content (AvgIpc) is 3.18. The van der Waals surface area contributed by atoms with E-state index in [1.807, 2.05) is 5.38 Å². The highest BCUT2D eigenvalue weighted by atomic mass is 32.1. The van der Waals surface area contributed by atoms with Gasteiger partial charge in [0.15, 0.2) is 0 Å². The first-order valence-corrected chi connectivity index (χ1v) is 9.94. The van der Waals surface area contributed by atoms with Crippen LogP contribution in [0.4, 0.5) is 8.78 Å². The Kier molecular flexibility index (Phi) is 5.45. The van der Waals surface area contributed by atoms with Crippen LogP contribution in [0.15, 0.2) is 53.9 Å². The van der Waals surface area contributed by atoms with Gasteiger partial charge in [0.05, 0.1) is 12.2 Å². The summed E-state index contributed by atoms with van der Waals surface area (Å²) in [6.45, 7) is 3.51. The molecule has 4 rings (SSSR count). The molecule has 2 heterocycles. The van der Waals surface area contributed by atoms with Crippen LogP contribution in [-0.2, 0) is 6.54 Å². The van der Waals surface area contributed by atoms with Gasteiger partial charge >= 0.3 is 0 Å². The van der Waals surface area contributed by atoms with E-state index in [4.69, 9.17) is 0 Å². The van der Waals surface area contributed by atoms with E-state index in [1.54, 1.807) is 28.4 Å². The molecule has 0 atom stereocenters. The second-order valence-corrected chi connectivity index (χ2v) is 7.65. The molecule has 0 radical (unpaired) electrons. The van der Waals surface area contributed by atoms with Gasteiger partial charge < -0.3 is 4.90 Å². The van der Waals surface area contributed by atoms with Crippen LogP contribution in [0.2, 0.25) is 0 Å². The fourth-order valence-corrected chi connectivity index (χ4v) is 4.06. The monoisotopic (exact) mass is 399 g/mol. The number of piperazine rings is 1. The summed E-state index contributed by atoms with van der Waals surface area (Å²) in [7, 11) is 0. The van der Waals surface area contributed by atoms with Crippen LogP contribution >= 0.6 is 11.3 Å². The highest BCUT2D eigenvalue weighted by Gasteiger charge is 2.22. The second-order valence-electron chi connectivity index (χ2n) is 6.71. The molecule has 1 amide bonds. The lowest BCUT2D eigenvalue weighted by Gasteiger charge is -2.34. The molecular weight excluding hydrogens is 380 g/mol. The Bertz CT molecular complexity index is 949. The molecule has 0 aliphatic carbocycles. The van der Waals surface area contributed by atoms with E-state index in [1.165, 1.54) is 36.4 Å². The Labute approximate surface area is 166 Å². The molecule has 0 saturated carbocycles. The number of halogens is 2. The summed E-state index contributed by atoms with van der Waals surface area (Å²) in [4.78, 5) is 21.2. The molecule has 0 N–H and O–H groups in total. The van der Waals surface area contributed by atoms with E-state index in [0.717, 1.165) is 35.9 Å². The lowest BCUT2D eigenvalue weighted by Crippen LogP contribution is -2.48. The van der Waals surface area contributed by atoms with Crippen LogP contribution in [0.3, 0.4) is 0 Å². The van der Waals surface area contributed by atoms with Crippen molar-refractivity contribution in [3.05, 3.63) is 76.1 Å². The smallest absolute Gasteiger partial charge is 0.253 e. The van der Waals surface area contributed by atoms with Crippen LogP contribution in [0.5, 0.6) is 0 Å². The number of rotatable bonds is 4. The lowest BCUT2D eigenvalue weighted by atomic mass is 10.2. The standard InChI is InChI=1S/C21H19F2N3OS/c22-17-5-1-15(2-6-17)19-14-28-20(24-19)13-25-9-11-26(12-10-25)21(27)16-3-7-18(23)8-4-16/h1-8,14H,9-13H2. The largest absolute Gasteiger partial charge is 0.336 e. The molecule has 1 saturated heterocycles. The molecule has 1 aliphatic rings. The predicted molar refractivity (Wildman–Crippen MR) is 105 cm³/mol. The fraction of sp³-hybridized carbons (Fsp3) is 0.238. The summed E-state index contributed by atoms with van der Waals surface area (Å²) in [5, 5.41) is 2.98. The Morgan fingerprint density at radius 3 is 2.18 bits per heavy atom. The molecule has 4 nitrogen and oxygen atoms in total. The number of hydrogen-bond acceptors (Lipinski definition) is 4. The lowest BCUT2D eigenvalue weighted by molar-refractivity contribution is 0.0628. The second kappa shape index (κ2) is 8.16. The van der Waals surface area contributed by atoms with E-state index in [9.17, 15) is 13.6 Å². The topological polar surface area (TPSA) is 36.4 Å². The minimum Gasteiger partial charge on any atom is -0.336 e. The van der Waals surface area contributed by atoms with Crippen LogP contribution in [0, 0.1) is 11.6 Å². The number of carbonyl (C=O) groups excluding carboxylic acids is 1. The molecule has 3 aromatic rings. The first-order valence-electron chi connectivity index (χ1n) is 9.06. The maximum absolute atomic E-state index is 13.1. The van der Waals surface area contributed by atoms with Crippen molar-refractivity contribution in [2.45, 2.75) is 6.54 Å². The van der Waals surface area contributed by atoms with Crippen molar-refractivity contribution in [3.63, 3.8) is 0 Å². The van der Waals surface area contributed by atoms with Gasteiger partial charge in [-0.2, -0.15) is 0 Å². The summed E-state index contributed by atoms with van der Waals surface area (Å²) < 4.78 is 26.1. The number of thiazole rings is 1. The van der Waals surface area contributed by atoms with Gasteiger partial charge in [-0.05, 0) is 48.5 Å². The van der Waals surface area contributed by atoms with Gasteiger partial charge in [-0.15, -0.1) is 11.3 Å². The summed E-state index contributed by atoms with van der Waals surface area (Å²) >= 11 is 1.58. The van der Waals surface area contributed by atoms with E-state index >= 15 is 0 Å². The number of amides is 1. The average molecular weight is 399 g/mol. The highest BCUT2D eigenvalue weighted by molar-refractivity contribution is 7.09. The molecule has 0 spiro atoms. The Morgan fingerprint density at radius 2 is 1.54 bits per heavy atom. The minimum atomic E-state index is -0.343. The molecule has 7 heteroatoms. The molecule has 144 valence electrons. The normalized spacial score (nSPS) is 15.0. The molecule has 0 bridgehead atoms. The summed E-state index contributed by atoms with van der Waals surface area (Å²) in [5.74, 6) is -0.662. The van der Waals surface area contributed by atoms with Gasteiger partial charge in [-0.3, -0.25) is 9.69 Å². The van der Waals surface area contributed by atoms with Crippen LogP contribution in [-0.4, -0.2) is 46.9 Å². The third-order valence-electron chi connectivity index (χ3n) is 4.80. The summed E-state index contributed by atoms with van der Waals surface area (Å²) in [5.41, 5.74) is 2.27. The molecule has 0 unspecified atom stereocenters. The quantitative estimate of drug-likeness (QED) is 0.664. The highest BCUT2D eigenvalue weighted by Crippen LogP contribution is 2.23. The molecular formula is C21H19F2N3OS. The van der Waals surface area contributed by atoms with Gasteiger partial charge in [0.1, 0.15) is 16.6 Å². The van der Waals surface area contributed by atoms with Crippen molar-refractivity contribution in [1.29, 1.82) is 0 Å². The SMILES string of the molecule is O=C(c1ccc(F)cc1)N1CCN(Cc2nc(-c3ccc(F)cc3)cs2)CC1. The maximum atomic E-state index is 13.1. The first-order chi connectivity index (χ1) is 13.6. The third-order valence-corrected chi connectivity index (χ3v) is 5.63.